The molecule has 1 fully saturated rings. The van der Waals surface area contributed by atoms with E-state index in [9.17, 15) is 4.79 Å². The highest BCUT2D eigenvalue weighted by Crippen LogP contribution is 2.45. The molecular formula is C29H28N2O2. The van der Waals surface area contributed by atoms with E-state index < -0.39 is 0 Å². The van der Waals surface area contributed by atoms with Crippen LogP contribution in [-0.4, -0.2) is 34.7 Å². The van der Waals surface area contributed by atoms with E-state index in [2.05, 4.69) is 72.6 Å². The van der Waals surface area contributed by atoms with E-state index in [0.717, 1.165) is 31.2 Å². The van der Waals surface area contributed by atoms with E-state index in [1.54, 1.807) is 0 Å². The molecule has 2 unspecified atom stereocenters. The predicted molar refractivity (Wildman–Crippen MR) is 130 cm³/mol. The third-order valence-corrected chi connectivity index (χ3v) is 7.43. The van der Waals surface area contributed by atoms with E-state index in [-0.39, 0.29) is 24.1 Å². The number of piperidine rings is 1. The second kappa shape index (κ2) is 8.18. The molecular weight excluding hydrogens is 408 g/mol. The number of carbonyl (C=O) groups excluding carboxylic acids is 1. The van der Waals surface area contributed by atoms with Crippen molar-refractivity contribution in [3.63, 3.8) is 0 Å². The summed E-state index contributed by atoms with van der Waals surface area (Å²) in [6, 6.07) is 19.4. The molecule has 2 atom stereocenters. The van der Waals surface area contributed by atoms with Crippen molar-refractivity contribution in [3.05, 3.63) is 95.3 Å². The van der Waals surface area contributed by atoms with Gasteiger partial charge in [-0.1, -0.05) is 54.6 Å². The molecule has 1 aromatic heterocycles. The molecule has 3 aromatic rings. The molecule has 1 saturated heterocycles. The fourth-order valence-corrected chi connectivity index (χ4v) is 5.93. The zero-order chi connectivity index (χ0) is 22.4. The third kappa shape index (κ3) is 3.54. The van der Waals surface area contributed by atoms with Gasteiger partial charge in [0.15, 0.2) is 0 Å². The number of amides is 1. The summed E-state index contributed by atoms with van der Waals surface area (Å²) in [5.41, 5.74) is 8.66. The summed E-state index contributed by atoms with van der Waals surface area (Å²) in [5.74, 6) is 0.0930. The summed E-state index contributed by atoms with van der Waals surface area (Å²) in [7, 11) is 0. The number of aryl methyl sites for hydroxylation is 1. The minimum Gasteiger partial charge on any atom is -0.448 e. The van der Waals surface area contributed by atoms with Crippen molar-refractivity contribution in [2.45, 2.75) is 50.6 Å². The second-order valence-electron chi connectivity index (χ2n) is 9.51. The van der Waals surface area contributed by atoms with E-state index in [1.165, 1.54) is 33.4 Å². The number of pyridine rings is 1. The topological polar surface area (TPSA) is 42.4 Å². The van der Waals surface area contributed by atoms with Crippen LogP contribution in [0, 0.1) is 6.92 Å². The number of nitrogens with zero attached hydrogens (tertiary/aromatic N) is 2. The van der Waals surface area contributed by atoms with E-state index in [1.807, 2.05) is 17.3 Å². The van der Waals surface area contributed by atoms with Crippen LogP contribution in [0.3, 0.4) is 0 Å². The molecule has 4 nitrogen and oxygen atoms in total. The zero-order valence-corrected chi connectivity index (χ0v) is 18.9. The fraction of sp³-hybridized carbons (Fsp3) is 0.310. The van der Waals surface area contributed by atoms with Gasteiger partial charge in [-0.25, -0.2) is 4.79 Å². The van der Waals surface area contributed by atoms with Gasteiger partial charge in [-0.2, -0.15) is 0 Å². The third-order valence-electron chi connectivity index (χ3n) is 7.43. The van der Waals surface area contributed by atoms with E-state index in [4.69, 9.17) is 4.74 Å². The lowest BCUT2D eigenvalue weighted by Crippen LogP contribution is -2.51. The van der Waals surface area contributed by atoms with Gasteiger partial charge in [-0.3, -0.25) is 9.88 Å². The molecule has 6 rings (SSSR count). The Morgan fingerprint density at radius 3 is 2.45 bits per heavy atom. The highest BCUT2D eigenvalue weighted by Gasteiger charge is 2.39. The number of hydrogen-bond acceptors (Lipinski definition) is 3. The molecule has 4 heteroatoms. The van der Waals surface area contributed by atoms with E-state index in [0.29, 0.717) is 6.61 Å². The monoisotopic (exact) mass is 436 g/mol. The maximum Gasteiger partial charge on any atom is 0.410 e. The van der Waals surface area contributed by atoms with Gasteiger partial charge in [0.1, 0.15) is 6.61 Å². The molecule has 0 spiro atoms. The van der Waals surface area contributed by atoms with Gasteiger partial charge in [0, 0.05) is 24.4 Å². The Labute approximate surface area is 194 Å². The van der Waals surface area contributed by atoms with Crippen molar-refractivity contribution in [3.8, 4) is 11.1 Å². The maximum atomic E-state index is 13.4. The normalized spacial score (nSPS) is 21.2. The first-order valence-corrected chi connectivity index (χ1v) is 11.9. The van der Waals surface area contributed by atoms with Gasteiger partial charge in [0.05, 0.1) is 6.04 Å². The molecule has 1 aliphatic carbocycles. The molecule has 0 N–H and O–H groups in total. The summed E-state index contributed by atoms with van der Waals surface area (Å²) in [6.45, 7) is 2.45. The van der Waals surface area contributed by atoms with Gasteiger partial charge in [-0.15, -0.1) is 0 Å². The molecule has 0 radical (unpaired) electrons. The molecule has 2 aliphatic heterocycles. The Hall–Kier alpha value is -3.40. The first-order chi connectivity index (χ1) is 16.2. The van der Waals surface area contributed by atoms with Gasteiger partial charge in [0.2, 0.25) is 0 Å². The lowest BCUT2D eigenvalue weighted by Gasteiger charge is -2.44. The van der Waals surface area contributed by atoms with Crippen LogP contribution in [0.15, 0.2) is 73.1 Å². The van der Waals surface area contributed by atoms with Gasteiger partial charge in [0.25, 0.3) is 0 Å². The number of hydrogen-bond donors (Lipinski definition) is 0. The Kier molecular flexibility index (Phi) is 5.01. The Morgan fingerprint density at radius 2 is 1.76 bits per heavy atom. The first-order valence-electron chi connectivity index (χ1n) is 11.9. The standard InChI is InChI=1S/C29H28N2O2/c1-19-13-21(17-30-16-19)20-14-22-7-6-8-23(15-20)31(22)29(32)33-18-28-26-11-4-2-9-24(26)25-10-3-5-12-27(25)28/h2-5,9-14,16-17,22-23,28H,6-8,15,18H2,1H3. The molecule has 0 saturated carbocycles. The summed E-state index contributed by atoms with van der Waals surface area (Å²) in [4.78, 5) is 19.7. The van der Waals surface area contributed by atoms with Crippen LogP contribution in [0.2, 0.25) is 0 Å². The largest absolute Gasteiger partial charge is 0.448 e. The average Bonchev–Trinajstić information content (AvgIpc) is 3.15. The average molecular weight is 437 g/mol. The Morgan fingerprint density at radius 1 is 1.03 bits per heavy atom. The zero-order valence-electron chi connectivity index (χ0n) is 18.9. The van der Waals surface area contributed by atoms with Crippen LogP contribution in [0.25, 0.3) is 16.7 Å². The second-order valence-corrected chi connectivity index (χ2v) is 9.51. The number of benzene rings is 2. The summed E-state index contributed by atoms with van der Waals surface area (Å²) in [6.07, 6.45) is 9.95. The van der Waals surface area contributed by atoms with Crippen molar-refractivity contribution in [1.29, 1.82) is 0 Å². The highest BCUT2D eigenvalue weighted by molar-refractivity contribution is 5.79. The molecule has 3 aliphatic rings. The number of aromatic nitrogens is 1. The van der Waals surface area contributed by atoms with Crippen molar-refractivity contribution in [2.24, 2.45) is 0 Å². The van der Waals surface area contributed by atoms with Gasteiger partial charge >= 0.3 is 6.09 Å². The molecule has 2 bridgehead atoms. The van der Waals surface area contributed by atoms with Gasteiger partial charge in [-0.05, 0) is 77.6 Å². The minimum atomic E-state index is -0.177. The number of ether oxygens (including phenoxy) is 1. The number of fused-ring (bicyclic) bond motifs is 5. The number of rotatable bonds is 3. The molecule has 33 heavy (non-hydrogen) atoms. The highest BCUT2D eigenvalue weighted by atomic mass is 16.6. The lowest BCUT2D eigenvalue weighted by atomic mass is 9.83. The van der Waals surface area contributed by atoms with Crippen molar-refractivity contribution < 1.29 is 9.53 Å². The van der Waals surface area contributed by atoms with Crippen LogP contribution in [0.5, 0.6) is 0 Å². The van der Waals surface area contributed by atoms with Crippen LogP contribution in [0.1, 0.15) is 53.9 Å². The van der Waals surface area contributed by atoms with E-state index >= 15 is 0 Å². The Bertz CT molecular complexity index is 1200. The first kappa shape index (κ1) is 20.2. The smallest absolute Gasteiger partial charge is 0.410 e. The SMILES string of the molecule is Cc1cncc(C2=CC3CCCC(C2)N3C(=O)OCC2c3ccccc3-c3ccccc32)c1. The maximum absolute atomic E-state index is 13.4. The predicted octanol–water partition coefficient (Wildman–Crippen LogP) is 6.35. The van der Waals surface area contributed by atoms with Crippen molar-refractivity contribution in [1.82, 2.24) is 9.88 Å². The quantitative estimate of drug-likeness (QED) is 0.480. The van der Waals surface area contributed by atoms with Crippen molar-refractivity contribution in [2.75, 3.05) is 6.61 Å². The summed E-state index contributed by atoms with van der Waals surface area (Å²) < 4.78 is 6.02. The van der Waals surface area contributed by atoms with Crippen LogP contribution >= 0.6 is 0 Å². The van der Waals surface area contributed by atoms with Crippen LogP contribution in [0.4, 0.5) is 4.79 Å². The lowest BCUT2D eigenvalue weighted by molar-refractivity contribution is 0.0539. The van der Waals surface area contributed by atoms with Crippen LogP contribution in [-0.2, 0) is 4.74 Å². The Balaban J connectivity index is 1.22. The fourth-order valence-electron chi connectivity index (χ4n) is 5.93. The summed E-state index contributed by atoms with van der Waals surface area (Å²) >= 11 is 0. The van der Waals surface area contributed by atoms with Crippen molar-refractivity contribution >= 4 is 11.7 Å². The number of carbonyl (C=O) groups is 1. The molecule has 2 aromatic carbocycles. The molecule has 1 amide bonds. The van der Waals surface area contributed by atoms with Gasteiger partial charge < -0.3 is 4.74 Å². The van der Waals surface area contributed by atoms with Crippen LogP contribution < -0.4 is 0 Å². The summed E-state index contributed by atoms with van der Waals surface area (Å²) in [5, 5.41) is 0. The molecule has 3 heterocycles. The minimum absolute atomic E-state index is 0.0930. The molecule has 166 valence electrons.